The zero-order valence-corrected chi connectivity index (χ0v) is 15.3. The Hall–Kier alpha value is -3.18. The molecule has 0 spiro atoms. The molecule has 0 radical (unpaired) electrons. The van der Waals surface area contributed by atoms with Crippen molar-refractivity contribution in [2.75, 3.05) is 13.7 Å². The van der Waals surface area contributed by atoms with Crippen LogP contribution in [-0.4, -0.2) is 29.7 Å². The van der Waals surface area contributed by atoms with Crippen LogP contribution in [0.2, 0.25) is 0 Å². The summed E-state index contributed by atoms with van der Waals surface area (Å²) in [5.74, 6) is 0.176. The number of aliphatic hydroxyl groups is 1. The molecule has 5 nitrogen and oxygen atoms in total. The summed E-state index contributed by atoms with van der Waals surface area (Å²) < 4.78 is 5.43. The van der Waals surface area contributed by atoms with Crippen LogP contribution in [0.15, 0.2) is 67.0 Å². The van der Waals surface area contributed by atoms with Gasteiger partial charge >= 0.3 is 0 Å². The summed E-state index contributed by atoms with van der Waals surface area (Å²) in [5.41, 5.74) is 4.31. The zero-order valence-electron chi connectivity index (χ0n) is 15.3. The highest BCUT2D eigenvalue weighted by atomic mass is 16.5. The normalized spacial score (nSPS) is 11.7. The number of aliphatic hydroxyl groups excluding tert-OH is 1. The van der Waals surface area contributed by atoms with Crippen molar-refractivity contribution in [1.82, 2.24) is 10.3 Å². The number of carbonyl (C=O) groups is 1. The molecule has 1 aromatic heterocycles. The largest absolute Gasteiger partial charge is 0.496 e. The van der Waals surface area contributed by atoms with E-state index in [1.165, 1.54) is 7.11 Å². The molecule has 1 amide bonds. The lowest BCUT2D eigenvalue weighted by atomic mass is 10.0. The fraction of sp³-hybridized carbons (Fsp3) is 0.182. The van der Waals surface area contributed by atoms with Crippen LogP contribution in [0.5, 0.6) is 5.75 Å². The van der Waals surface area contributed by atoms with Gasteiger partial charge in [0.15, 0.2) is 0 Å². The van der Waals surface area contributed by atoms with Crippen LogP contribution in [0.3, 0.4) is 0 Å². The third kappa shape index (κ3) is 4.33. The van der Waals surface area contributed by atoms with Gasteiger partial charge < -0.3 is 15.2 Å². The van der Waals surface area contributed by atoms with E-state index in [4.69, 9.17) is 4.74 Å². The molecule has 2 N–H and O–H groups in total. The summed E-state index contributed by atoms with van der Waals surface area (Å²) in [5, 5.41) is 12.6. The number of carbonyl (C=O) groups excluding carboxylic acids is 1. The van der Waals surface area contributed by atoms with Crippen molar-refractivity contribution in [2.45, 2.75) is 13.0 Å². The molecule has 0 saturated carbocycles. The van der Waals surface area contributed by atoms with E-state index in [0.717, 1.165) is 22.3 Å². The molecule has 1 heterocycles. The summed E-state index contributed by atoms with van der Waals surface area (Å²) in [6.07, 6.45) is 3.44. The monoisotopic (exact) mass is 362 g/mol. The van der Waals surface area contributed by atoms with Crippen molar-refractivity contribution in [2.24, 2.45) is 0 Å². The molecule has 0 aliphatic carbocycles. The van der Waals surface area contributed by atoms with Gasteiger partial charge in [0.05, 0.1) is 25.3 Å². The van der Waals surface area contributed by atoms with Gasteiger partial charge in [-0.15, -0.1) is 0 Å². The highest BCUT2D eigenvalue weighted by Crippen LogP contribution is 2.27. The molecule has 0 aliphatic heterocycles. The number of aryl methyl sites for hydroxylation is 1. The molecule has 1 atom stereocenters. The predicted molar refractivity (Wildman–Crippen MR) is 105 cm³/mol. The lowest BCUT2D eigenvalue weighted by molar-refractivity contribution is 0.0913. The van der Waals surface area contributed by atoms with Crippen LogP contribution >= 0.6 is 0 Å². The topological polar surface area (TPSA) is 71.5 Å². The lowest BCUT2D eigenvalue weighted by Gasteiger charge is -2.18. The molecule has 0 fully saturated rings. The number of pyridine rings is 1. The van der Waals surface area contributed by atoms with Crippen LogP contribution in [0.25, 0.3) is 11.1 Å². The second kappa shape index (κ2) is 8.47. The summed E-state index contributed by atoms with van der Waals surface area (Å²) in [4.78, 5) is 16.8. The Morgan fingerprint density at radius 1 is 1.07 bits per heavy atom. The van der Waals surface area contributed by atoms with Gasteiger partial charge in [0.25, 0.3) is 5.91 Å². The minimum absolute atomic E-state index is 0.188. The number of nitrogens with zero attached hydrogens (tertiary/aromatic N) is 1. The number of hydrogen-bond donors (Lipinski definition) is 2. The summed E-state index contributed by atoms with van der Waals surface area (Å²) in [7, 11) is 1.53. The van der Waals surface area contributed by atoms with E-state index < -0.39 is 6.04 Å². The summed E-state index contributed by atoms with van der Waals surface area (Å²) >= 11 is 0. The molecule has 0 bridgehead atoms. The maximum absolute atomic E-state index is 12.8. The van der Waals surface area contributed by atoms with E-state index in [-0.39, 0.29) is 12.5 Å². The standard InChI is InChI=1S/C22H22N2O3/c1-15-3-5-17(6-4-15)20(14-25)24-22(26)19-8-7-18(13-21(19)27-2)16-9-11-23-12-10-16/h3-13,20,25H,14H2,1-2H3,(H,24,26). The number of amides is 1. The molecular formula is C22H22N2O3. The lowest BCUT2D eigenvalue weighted by Crippen LogP contribution is -2.31. The van der Waals surface area contributed by atoms with Gasteiger partial charge in [-0.1, -0.05) is 35.9 Å². The molecule has 3 rings (SSSR count). The van der Waals surface area contributed by atoms with Gasteiger partial charge in [0.2, 0.25) is 0 Å². The molecule has 5 heteroatoms. The second-order valence-electron chi connectivity index (χ2n) is 6.27. The Labute approximate surface area is 158 Å². The first-order chi connectivity index (χ1) is 13.1. The molecule has 3 aromatic rings. The summed E-state index contributed by atoms with van der Waals surface area (Å²) in [6.45, 7) is 1.80. The van der Waals surface area contributed by atoms with Crippen LogP contribution < -0.4 is 10.1 Å². The fourth-order valence-corrected chi connectivity index (χ4v) is 2.87. The fourth-order valence-electron chi connectivity index (χ4n) is 2.87. The van der Waals surface area contributed by atoms with Crippen LogP contribution in [0, 0.1) is 6.92 Å². The average molecular weight is 362 g/mol. The van der Waals surface area contributed by atoms with Crippen LogP contribution in [-0.2, 0) is 0 Å². The van der Waals surface area contributed by atoms with E-state index in [9.17, 15) is 9.90 Å². The minimum atomic E-state index is -0.484. The van der Waals surface area contributed by atoms with Gasteiger partial charge in [-0.25, -0.2) is 0 Å². The van der Waals surface area contributed by atoms with Crippen LogP contribution in [0.4, 0.5) is 0 Å². The number of nitrogens with one attached hydrogen (secondary N) is 1. The van der Waals surface area contributed by atoms with Crippen molar-refractivity contribution in [3.05, 3.63) is 83.7 Å². The summed E-state index contributed by atoms with van der Waals surface area (Å²) in [6, 6.07) is 16.4. The van der Waals surface area contributed by atoms with Crippen LogP contribution in [0.1, 0.15) is 27.5 Å². The number of ether oxygens (including phenoxy) is 1. The van der Waals surface area contributed by atoms with Gasteiger partial charge in [0.1, 0.15) is 5.75 Å². The van der Waals surface area contributed by atoms with Gasteiger partial charge in [-0.05, 0) is 47.9 Å². The van der Waals surface area contributed by atoms with Crippen molar-refractivity contribution >= 4 is 5.91 Å². The third-order valence-electron chi connectivity index (χ3n) is 4.43. The van der Waals surface area contributed by atoms with Crippen molar-refractivity contribution < 1.29 is 14.6 Å². The Morgan fingerprint density at radius 2 is 1.78 bits per heavy atom. The molecule has 138 valence electrons. The number of hydrogen-bond acceptors (Lipinski definition) is 4. The predicted octanol–water partition coefficient (Wildman–Crippen LogP) is 3.53. The molecule has 2 aromatic carbocycles. The maximum Gasteiger partial charge on any atom is 0.255 e. The zero-order chi connectivity index (χ0) is 19.2. The Balaban J connectivity index is 1.84. The number of aromatic nitrogens is 1. The average Bonchev–Trinajstić information content (AvgIpc) is 2.72. The van der Waals surface area contributed by atoms with Crippen molar-refractivity contribution in [1.29, 1.82) is 0 Å². The smallest absolute Gasteiger partial charge is 0.255 e. The van der Waals surface area contributed by atoms with E-state index in [1.54, 1.807) is 18.5 Å². The Bertz CT molecular complexity index is 909. The Kier molecular flexibility index (Phi) is 5.84. The van der Waals surface area contributed by atoms with E-state index >= 15 is 0 Å². The molecule has 1 unspecified atom stereocenters. The first-order valence-electron chi connectivity index (χ1n) is 8.69. The Morgan fingerprint density at radius 3 is 2.41 bits per heavy atom. The first kappa shape index (κ1) is 18.6. The quantitative estimate of drug-likeness (QED) is 0.704. The van der Waals surface area contributed by atoms with Crippen molar-refractivity contribution in [3.8, 4) is 16.9 Å². The number of rotatable bonds is 6. The molecule has 0 aliphatic rings. The highest BCUT2D eigenvalue weighted by Gasteiger charge is 2.18. The van der Waals surface area contributed by atoms with Gasteiger partial charge in [-0.2, -0.15) is 0 Å². The SMILES string of the molecule is COc1cc(-c2ccncc2)ccc1C(=O)NC(CO)c1ccc(C)cc1. The maximum atomic E-state index is 12.8. The van der Waals surface area contributed by atoms with E-state index in [1.807, 2.05) is 55.5 Å². The second-order valence-corrected chi connectivity index (χ2v) is 6.27. The molecule has 0 saturated heterocycles. The minimum Gasteiger partial charge on any atom is -0.496 e. The molecular weight excluding hydrogens is 340 g/mol. The van der Waals surface area contributed by atoms with E-state index in [2.05, 4.69) is 10.3 Å². The first-order valence-corrected chi connectivity index (χ1v) is 8.69. The molecule has 27 heavy (non-hydrogen) atoms. The highest BCUT2D eigenvalue weighted by molar-refractivity contribution is 5.98. The van der Waals surface area contributed by atoms with E-state index in [0.29, 0.717) is 11.3 Å². The third-order valence-corrected chi connectivity index (χ3v) is 4.43. The van der Waals surface area contributed by atoms with Crippen molar-refractivity contribution in [3.63, 3.8) is 0 Å². The number of benzene rings is 2. The van der Waals surface area contributed by atoms with Gasteiger partial charge in [-0.3, -0.25) is 9.78 Å². The van der Waals surface area contributed by atoms with Gasteiger partial charge in [0, 0.05) is 12.4 Å². The number of methoxy groups -OCH3 is 1.